The van der Waals surface area contributed by atoms with Crippen molar-refractivity contribution in [1.29, 1.82) is 0 Å². The summed E-state index contributed by atoms with van der Waals surface area (Å²) in [7, 11) is 0. The maximum absolute atomic E-state index is 11.8. The van der Waals surface area contributed by atoms with Gasteiger partial charge < -0.3 is 15.2 Å². The Morgan fingerprint density at radius 2 is 2.21 bits per heavy atom. The molecule has 1 saturated carbocycles. The summed E-state index contributed by atoms with van der Waals surface area (Å²) in [5.41, 5.74) is 6.78. The van der Waals surface area contributed by atoms with Crippen LogP contribution in [0, 0.1) is 5.92 Å². The normalized spacial score (nSPS) is 14.8. The van der Waals surface area contributed by atoms with Gasteiger partial charge >= 0.3 is 5.97 Å². The third-order valence-electron chi connectivity index (χ3n) is 3.54. The molecule has 0 radical (unpaired) electrons. The van der Waals surface area contributed by atoms with E-state index in [0.717, 1.165) is 12.3 Å². The molecule has 0 aromatic heterocycles. The molecule has 0 atom stereocenters. The molecule has 0 spiro atoms. The highest BCUT2D eigenvalue weighted by Gasteiger charge is 2.19. The number of benzene rings is 1. The predicted molar refractivity (Wildman–Crippen MR) is 74.3 cm³/mol. The number of nitrogens with two attached hydrogens (primary N) is 1. The van der Waals surface area contributed by atoms with Crippen LogP contribution in [-0.4, -0.2) is 19.2 Å². The summed E-state index contributed by atoms with van der Waals surface area (Å²) in [5, 5.41) is 0. The van der Waals surface area contributed by atoms with Crippen LogP contribution >= 0.6 is 0 Å². The van der Waals surface area contributed by atoms with Crippen LogP contribution in [0.2, 0.25) is 0 Å². The maximum Gasteiger partial charge on any atom is 0.341 e. The lowest BCUT2D eigenvalue weighted by atomic mass is 9.83. The van der Waals surface area contributed by atoms with E-state index in [-0.39, 0.29) is 5.97 Å². The van der Waals surface area contributed by atoms with Gasteiger partial charge in [0.15, 0.2) is 5.75 Å². The fraction of sp³-hybridized carbons (Fsp3) is 0.533. The number of ether oxygens (including phenoxy) is 2. The number of esters is 1. The van der Waals surface area contributed by atoms with E-state index in [1.165, 1.54) is 19.3 Å². The minimum Gasteiger partial charge on any atom is -0.491 e. The quantitative estimate of drug-likeness (QED) is 0.633. The van der Waals surface area contributed by atoms with E-state index in [0.29, 0.717) is 30.2 Å². The van der Waals surface area contributed by atoms with Crippen molar-refractivity contribution >= 4 is 11.7 Å². The number of para-hydroxylation sites is 1. The predicted octanol–water partition coefficient (Wildman–Crippen LogP) is 3.01. The molecule has 0 aliphatic heterocycles. The molecule has 1 aromatic carbocycles. The molecule has 4 heteroatoms. The van der Waals surface area contributed by atoms with Gasteiger partial charge in [-0.2, -0.15) is 0 Å². The summed E-state index contributed by atoms with van der Waals surface area (Å²) < 4.78 is 10.7. The summed E-state index contributed by atoms with van der Waals surface area (Å²) >= 11 is 0. The van der Waals surface area contributed by atoms with Gasteiger partial charge in [-0.3, -0.25) is 0 Å². The van der Waals surface area contributed by atoms with Gasteiger partial charge in [0.05, 0.1) is 18.9 Å². The Morgan fingerprint density at radius 3 is 2.84 bits per heavy atom. The highest BCUT2D eigenvalue weighted by atomic mass is 16.5. The number of carbonyl (C=O) groups is 1. The van der Waals surface area contributed by atoms with Crippen molar-refractivity contribution in [2.45, 2.75) is 32.6 Å². The minimum atomic E-state index is -0.381. The molecule has 0 saturated heterocycles. The SMILES string of the molecule is CCOC(=O)c1cccc(N)c1OCCC1CCC1. The summed E-state index contributed by atoms with van der Waals surface area (Å²) in [6.07, 6.45) is 4.93. The van der Waals surface area contributed by atoms with E-state index in [1.54, 1.807) is 25.1 Å². The summed E-state index contributed by atoms with van der Waals surface area (Å²) in [6, 6.07) is 5.16. The van der Waals surface area contributed by atoms with Crippen LogP contribution < -0.4 is 10.5 Å². The summed E-state index contributed by atoms with van der Waals surface area (Å²) in [5.74, 6) is 0.852. The molecule has 2 rings (SSSR count). The van der Waals surface area contributed by atoms with Crippen LogP contribution in [0.15, 0.2) is 18.2 Å². The molecule has 104 valence electrons. The zero-order valence-electron chi connectivity index (χ0n) is 11.4. The zero-order chi connectivity index (χ0) is 13.7. The largest absolute Gasteiger partial charge is 0.491 e. The lowest BCUT2D eigenvalue weighted by Gasteiger charge is -2.25. The van der Waals surface area contributed by atoms with Gasteiger partial charge in [-0.15, -0.1) is 0 Å². The van der Waals surface area contributed by atoms with Crippen molar-refractivity contribution in [1.82, 2.24) is 0 Å². The standard InChI is InChI=1S/C15H21NO3/c1-2-18-15(17)12-7-4-8-13(16)14(12)19-10-9-11-5-3-6-11/h4,7-8,11H,2-3,5-6,9-10,16H2,1H3. The maximum atomic E-state index is 11.8. The van der Waals surface area contributed by atoms with Crippen LogP contribution in [0.4, 0.5) is 5.69 Å². The van der Waals surface area contributed by atoms with Crippen molar-refractivity contribution < 1.29 is 14.3 Å². The molecule has 0 heterocycles. The fourth-order valence-electron chi connectivity index (χ4n) is 2.19. The highest BCUT2D eigenvalue weighted by Crippen LogP contribution is 2.31. The first-order valence-electron chi connectivity index (χ1n) is 6.90. The smallest absolute Gasteiger partial charge is 0.341 e. The minimum absolute atomic E-state index is 0.342. The second-order valence-electron chi connectivity index (χ2n) is 4.88. The van der Waals surface area contributed by atoms with Gasteiger partial charge in [-0.25, -0.2) is 4.79 Å². The fourth-order valence-corrected chi connectivity index (χ4v) is 2.19. The monoisotopic (exact) mass is 263 g/mol. The van der Waals surface area contributed by atoms with Gasteiger partial charge in [0.1, 0.15) is 5.56 Å². The molecule has 19 heavy (non-hydrogen) atoms. The number of anilines is 1. The average molecular weight is 263 g/mol. The molecule has 0 bridgehead atoms. The second kappa shape index (κ2) is 6.45. The van der Waals surface area contributed by atoms with Crippen LogP contribution in [0.5, 0.6) is 5.75 Å². The second-order valence-corrected chi connectivity index (χ2v) is 4.88. The number of nitrogen functional groups attached to an aromatic ring is 1. The van der Waals surface area contributed by atoms with Gasteiger partial charge in [0.2, 0.25) is 0 Å². The Kier molecular flexibility index (Phi) is 4.66. The third-order valence-corrected chi connectivity index (χ3v) is 3.54. The lowest BCUT2D eigenvalue weighted by Crippen LogP contribution is -2.16. The van der Waals surface area contributed by atoms with Crippen LogP contribution in [0.3, 0.4) is 0 Å². The molecular formula is C15H21NO3. The molecule has 1 aliphatic carbocycles. The van der Waals surface area contributed by atoms with Gasteiger partial charge in [-0.05, 0) is 31.4 Å². The first-order valence-corrected chi connectivity index (χ1v) is 6.90. The molecule has 1 fully saturated rings. The lowest BCUT2D eigenvalue weighted by molar-refractivity contribution is 0.0521. The van der Waals surface area contributed by atoms with Gasteiger partial charge in [-0.1, -0.05) is 25.3 Å². The molecule has 0 amide bonds. The summed E-state index contributed by atoms with van der Waals surface area (Å²) in [6.45, 7) is 2.72. The van der Waals surface area contributed by atoms with Gasteiger partial charge in [0.25, 0.3) is 0 Å². The Morgan fingerprint density at radius 1 is 1.42 bits per heavy atom. The Hall–Kier alpha value is -1.71. The third kappa shape index (κ3) is 3.40. The number of hydrogen-bond acceptors (Lipinski definition) is 4. The number of carbonyl (C=O) groups excluding carboxylic acids is 1. The average Bonchev–Trinajstić information content (AvgIpc) is 2.34. The zero-order valence-corrected chi connectivity index (χ0v) is 11.4. The molecule has 1 aromatic rings. The van der Waals surface area contributed by atoms with E-state index in [2.05, 4.69) is 0 Å². The van der Waals surface area contributed by atoms with E-state index in [9.17, 15) is 4.79 Å². The van der Waals surface area contributed by atoms with Crippen molar-refractivity contribution in [3.63, 3.8) is 0 Å². The van der Waals surface area contributed by atoms with Crippen molar-refractivity contribution in [3.05, 3.63) is 23.8 Å². The van der Waals surface area contributed by atoms with Crippen molar-refractivity contribution in [2.75, 3.05) is 18.9 Å². The molecule has 0 unspecified atom stereocenters. The highest BCUT2D eigenvalue weighted by molar-refractivity contribution is 5.94. The number of rotatable bonds is 6. The number of hydrogen-bond donors (Lipinski definition) is 1. The van der Waals surface area contributed by atoms with Crippen LogP contribution in [0.25, 0.3) is 0 Å². The topological polar surface area (TPSA) is 61.5 Å². The molecule has 1 aliphatic rings. The molecule has 4 nitrogen and oxygen atoms in total. The van der Waals surface area contributed by atoms with E-state index >= 15 is 0 Å². The Labute approximate surface area is 113 Å². The van der Waals surface area contributed by atoms with Crippen LogP contribution in [0.1, 0.15) is 43.0 Å². The van der Waals surface area contributed by atoms with Crippen molar-refractivity contribution in [2.24, 2.45) is 5.92 Å². The first kappa shape index (κ1) is 13.7. The summed E-state index contributed by atoms with van der Waals surface area (Å²) in [4.78, 5) is 11.8. The van der Waals surface area contributed by atoms with E-state index < -0.39 is 0 Å². The Balaban J connectivity index is 2.01. The van der Waals surface area contributed by atoms with Crippen molar-refractivity contribution in [3.8, 4) is 5.75 Å². The molecular weight excluding hydrogens is 242 g/mol. The van der Waals surface area contributed by atoms with Crippen LogP contribution in [-0.2, 0) is 4.74 Å². The van der Waals surface area contributed by atoms with Gasteiger partial charge in [0, 0.05) is 0 Å². The van der Waals surface area contributed by atoms with E-state index in [4.69, 9.17) is 15.2 Å². The Bertz CT molecular complexity index is 441. The molecule has 2 N–H and O–H groups in total. The van der Waals surface area contributed by atoms with E-state index in [1.807, 2.05) is 0 Å². The first-order chi connectivity index (χ1) is 9.22.